The van der Waals surface area contributed by atoms with Crippen molar-refractivity contribution in [3.05, 3.63) is 28.8 Å². The van der Waals surface area contributed by atoms with Gasteiger partial charge < -0.3 is 14.4 Å². The molecule has 0 aliphatic carbocycles. The van der Waals surface area contributed by atoms with Gasteiger partial charge in [0.2, 0.25) is 0 Å². The topological polar surface area (TPSA) is 90.0 Å². The van der Waals surface area contributed by atoms with Crippen molar-refractivity contribution >= 4 is 21.7 Å². The Morgan fingerprint density at radius 1 is 1.17 bits per heavy atom. The normalized spacial score (nSPS) is 18.9. The summed E-state index contributed by atoms with van der Waals surface area (Å²) in [4.78, 5) is 26.3. The molecule has 1 amide bonds. The molecule has 1 aromatic rings. The fourth-order valence-corrected chi connectivity index (χ4v) is 5.50. The minimum absolute atomic E-state index is 0.0356. The molecule has 2 rings (SSSR count). The molecule has 0 aromatic heterocycles. The van der Waals surface area contributed by atoms with Crippen LogP contribution in [-0.4, -0.2) is 62.0 Å². The monoisotopic (exact) mass is 425 g/mol. The molecule has 2 unspecified atom stereocenters. The molecule has 1 fully saturated rings. The van der Waals surface area contributed by atoms with Gasteiger partial charge in [-0.3, -0.25) is 4.79 Å². The van der Waals surface area contributed by atoms with Gasteiger partial charge in [-0.1, -0.05) is 24.6 Å². The lowest BCUT2D eigenvalue weighted by Crippen LogP contribution is -2.48. The highest BCUT2D eigenvalue weighted by Gasteiger charge is 2.36. The molecular weight excluding hydrogens is 394 g/mol. The van der Waals surface area contributed by atoms with E-state index in [0.717, 1.165) is 16.7 Å². The Kier molecular flexibility index (Phi) is 7.68. The van der Waals surface area contributed by atoms with E-state index in [2.05, 4.69) is 0 Å². The third-order valence-corrected chi connectivity index (χ3v) is 7.00. The van der Waals surface area contributed by atoms with Crippen LogP contribution < -0.4 is 4.74 Å². The fraction of sp³-hybridized carbons (Fsp3) is 0.619. The summed E-state index contributed by atoms with van der Waals surface area (Å²) in [7, 11) is -3.12. The average molecular weight is 426 g/mol. The van der Waals surface area contributed by atoms with Crippen molar-refractivity contribution in [2.45, 2.75) is 59.5 Å². The predicted molar refractivity (Wildman–Crippen MR) is 111 cm³/mol. The van der Waals surface area contributed by atoms with E-state index in [-0.39, 0.29) is 36.1 Å². The van der Waals surface area contributed by atoms with Crippen molar-refractivity contribution in [2.75, 3.05) is 24.7 Å². The second kappa shape index (κ2) is 9.61. The van der Waals surface area contributed by atoms with Gasteiger partial charge in [-0.25, -0.2) is 13.2 Å². The second-order valence-corrected chi connectivity index (χ2v) is 10.0. The van der Waals surface area contributed by atoms with Gasteiger partial charge in [0.1, 0.15) is 5.75 Å². The smallest absolute Gasteiger partial charge is 0.344 e. The lowest BCUT2D eigenvalue weighted by molar-refractivity contribution is -0.155. The molecular formula is C21H31NO6S. The highest BCUT2D eigenvalue weighted by Crippen LogP contribution is 2.24. The zero-order valence-corrected chi connectivity index (χ0v) is 18.7. The number of hydrogen-bond acceptors (Lipinski definition) is 6. The van der Waals surface area contributed by atoms with Gasteiger partial charge >= 0.3 is 5.97 Å². The number of carbonyl (C=O) groups is 2. The maximum atomic E-state index is 12.7. The Morgan fingerprint density at radius 3 is 2.31 bits per heavy atom. The number of amides is 1. The van der Waals surface area contributed by atoms with Crippen molar-refractivity contribution < 1.29 is 27.5 Å². The number of esters is 1. The number of sulfone groups is 1. The number of carbonyl (C=O) groups excluding carboxylic acids is 2. The van der Waals surface area contributed by atoms with Crippen LogP contribution in [0.15, 0.2) is 12.1 Å². The summed E-state index contributed by atoms with van der Waals surface area (Å²) in [6.07, 6.45) is 1.10. The highest BCUT2D eigenvalue weighted by molar-refractivity contribution is 7.91. The first-order chi connectivity index (χ1) is 13.5. The van der Waals surface area contributed by atoms with Crippen molar-refractivity contribution in [1.82, 2.24) is 4.90 Å². The molecule has 29 heavy (non-hydrogen) atoms. The van der Waals surface area contributed by atoms with Crippen LogP contribution >= 0.6 is 0 Å². The van der Waals surface area contributed by atoms with E-state index in [0.29, 0.717) is 18.6 Å². The number of rotatable bonds is 8. The second-order valence-electron chi connectivity index (χ2n) is 7.79. The zero-order chi connectivity index (χ0) is 21.8. The number of hydrogen-bond donors (Lipinski definition) is 0. The standard InChI is InChI=1S/C21H31NO6S/c1-6-17(5)22(18-7-8-29(25,26)13-18)19(23)11-27-20(24)12-28-21-15(3)9-14(2)10-16(21)4/h9-10,17-18H,6-8,11-13H2,1-5H3. The molecule has 162 valence electrons. The van der Waals surface area contributed by atoms with E-state index in [1.54, 1.807) is 4.90 Å². The Balaban J connectivity index is 1.93. The Bertz CT molecular complexity index is 841. The Morgan fingerprint density at radius 2 is 1.79 bits per heavy atom. The van der Waals surface area contributed by atoms with Crippen molar-refractivity contribution in [3.8, 4) is 5.75 Å². The molecule has 0 saturated carbocycles. The first-order valence-electron chi connectivity index (χ1n) is 9.92. The SMILES string of the molecule is CCC(C)N(C(=O)COC(=O)COc1c(C)cc(C)cc1C)C1CCS(=O)(=O)C1. The summed E-state index contributed by atoms with van der Waals surface area (Å²) in [6.45, 7) is 8.89. The summed E-state index contributed by atoms with van der Waals surface area (Å²) in [6, 6.07) is 3.44. The van der Waals surface area contributed by atoms with Crippen LogP contribution in [0.2, 0.25) is 0 Å². The average Bonchev–Trinajstić information content (AvgIpc) is 2.98. The number of ether oxygens (including phenoxy) is 2. The molecule has 8 heteroatoms. The Labute approximate surface area is 173 Å². The molecule has 2 atom stereocenters. The molecule has 1 heterocycles. The largest absolute Gasteiger partial charge is 0.481 e. The molecule has 0 bridgehead atoms. The van der Waals surface area contributed by atoms with Crippen LogP contribution in [0, 0.1) is 20.8 Å². The van der Waals surface area contributed by atoms with Gasteiger partial charge in [-0.15, -0.1) is 0 Å². The lowest BCUT2D eigenvalue weighted by Gasteiger charge is -2.33. The molecule has 0 spiro atoms. The summed E-state index contributed by atoms with van der Waals surface area (Å²) in [5, 5.41) is 0. The van der Waals surface area contributed by atoms with Gasteiger partial charge in [-0.2, -0.15) is 0 Å². The minimum Gasteiger partial charge on any atom is -0.481 e. The molecule has 1 saturated heterocycles. The van der Waals surface area contributed by atoms with Crippen LogP contribution in [0.5, 0.6) is 5.75 Å². The zero-order valence-electron chi connectivity index (χ0n) is 17.9. The van der Waals surface area contributed by atoms with Crippen molar-refractivity contribution in [3.63, 3.8) is 0 Å². The molecule has 1 aromatic carbocycles. The van der Waals surface area contributed by atoms with E-state index in [4.69, 9.17) is 9.47 Å². The first kappa shape index (κ1) is 23.2. The number of nitrogens with zero attached hydrogens (tertiary/aromatic N) is 1. The van der Waals surface area contributed by atoms with Gasteiger partial charge in [0.05, 0.1) is 11.5 Å². The summed E-state index contributed by atoms with van der Waals surface area (Å²) in [5.74, 6) is -0.331. The molecule has 1 aliphatic heterocycles. The number of aryl methyl sites for hydroxylation is 3. The highest BCUT2D eigenvalue weighted by atomic mass is 32.2. The molecule has 0 radical (unpaired) electrons. The third kappa shape index (κ3) is 6.19. The van der Waals surface area contributed by atoms with Crippen LogP contribution in [-0.2, 0) is 24.2 Å². The van der Waals surface area contributed by atoms with Crippen LogP contribution in [0.25, 0.3) is 0 Å². The third-order valence-electron chi connectivity index (χ3n) is 5.25. The van der Waals surface area contributed by atoms with E-state index in [1.807, 2.05) is 46.8 Å². The fourth-order valence-electron chi connectivity index (χ4n) is 3.78. The molecule has 0 N–H and O–H groups in total. The summed E-state index contributed by atoms with van der Waals surface area (Å²) >= 11 is 0. The van der Waals surface area contributed by atoms with E-state index >= 15 is 0 Å². The predicted octanol–water partition coefficient (Wildman–Crippen LogP) is 2.35. The maximum absolute atomic E-state index is 12.7. The molecule has 7 nitrogen and oxygen atoms in total. The van der Waals surface area contributed by atoms with Gasteiger partial charge in [-0.05, 0) is 51.7 Å². The van der Waals surface area contributed by atoms with Gasteiger partial charge in [0, 0.05) is 12.1 Å². The van der Waals surface area contributed by atoms with Crippen molar-refractivity contribution in [1.29, 1.82) is 0 Å². The Hall–Kier alpha value is -2.09. The summed E-state index contributed by atoms with van der Waals surface area (Å²) in [5.41, 5.74) is 2.97. The van der Waals surface area contributed by atoms with E-state index in [9.17, 15) is 18.0 Å². The number of benzene rings is 1. The van der Waals surface area contributed by atoms with Crippen LogP contribution in [0.3, 0.4) is 0 Å². The minimum atomic E-state index is -3.12. The van der Waals surface area contributed by atoms with Crippen LogP contribution in [0.1, 0.15) is 43.4 Å². The first-order valence-corrected chi connectivity index (χ1v) is 11.7. The lowest BCUT2D eigenvalue weighted by atomic mass is 10.1. The van der Waals surface area contributed by atoms with Gasteiger partial charge in [0.15, 0.2) is 23.1 Å². The van der Waals surface area contributed by atoms with E-state index in [1.165, 1.54) is 0 Å². The van der Waals surface area contributed by atoms with Gasteiger partial charge in [0.25, 0.3) is 5.91 Å². The quantitative estimate of drug-likeness (QED) is 0.594. The van der Waals surface area contributed by atoms with E-state index < -0.39 is 22.4 Å². The molecule has 1 aliphatic rings. The maximum Gasteiger partial charge on any atom is 0.344 e. The van der Waals surface area contributed by atoms with Crippen LogP contribution in [0.4, 0.5) is 0 Å². The van der Waals surface area contributed by atoms with Crippen molar-refractivity contribution in [2.24, 2.45) is 0 Å². The summed E-state index contributed by atoms with van der Waals surface area (Å²) < 4.78 is 34.3.